The van der Waals surface area contributed by atoms with Crippen LogP contribution >= 0.6 is 11.8 Å². The van der Waals surface area contributed by atoms with Crippen LogP contribution in [0, 0.1) is 23.2 Å². The maximum absolute atomic E-state index is 14.6. The van der Waals surface area contributed by atoms with Gasteiger partial charge in [0.05, 0.1) is 18.1 Å². The second-order valence-electron chi connectivity index (χ2n) is 8.00. The van der Waals surface area contributed by atoms with Gasteiger partial charge in [0, 0.05) is 11.1 Å². The Morgan fingerprint density at radius 3 is 2.58 bits per heavy atom. The Morgan fingerprint density at radius 2 is 2.00 bits per heavy atom. The van der Waals surface area contributed by atoms with Crippen molar-refractivity contribution >= 4 is 25.0 Å². The molecule has 0 bridgehead atoms. The van der Waals surface area contributed by atoms with E-state index >= 15 is 0 Å². The number of fused-ring (bicyclic) bond motifs is 1. The number of nitrogens with zero attached hydrogens (tertiary/aromatic N) is 1. The van der Waals surface area contributed by atoms with Crippen molar-refractivity contribution in [3.05, 3.63) is 35.1 Å². The minimum absolute atomic E-state index is 0.0307. The summed E-state index contributed by atoms with van der Waals surface area (Å²) in [4.78, 5) is 4.19. The fourth-order valence-corrected chi connectivity index (χ4v) is 5.45. The number of amidine groups is 1. The summed E-state index contributed by atoms with van der Waals surface area (Å²) in [6, 6.07) is 4.24. The van der Waals surface area contributed by atoms with Gasteiger partial charge in [-0.3, -0.25) is 4.99 Å². The predicted molar refractivity (Wildman–Crippen MR) is 101 cm³/mol. The highest BCUT2D eigenvalue weighted by Crippen LogP contribution is 2.74. The lowest BCUT2D eigenvalue weighted by molar-refractivity contribution is 0.0685. The van der Waals surface area contributed by atoms with Crippen LogP contribution in [0.3, 0.4) is 0 Å². The van der Waals surface area contributed by atoms with E-state index in [0.717, 1.165) is 0 Å². The monoisotopic (exact) mass is 398 g/mol. The van der Waals surface area contributed by atoms with E-state index in [9.17, 15) is 18.3 Å². The van der Waals surface area contributed by atoms with Crippen LogP contribution in [-0.4, -0.2) is 35.6 Å². The van der Waals surface area contributed by atoms with Crippen LogP contribution in [0.25, 0.3) is 0 Å². The van der Waals surface area contributed by atoms with Gasteiger partial charge in [0.1, 0.15) is 18.6 Å². The molecule has 140 valence electrons. The molecule has 3 nitrogen and oxygen atoms in total. The highest BCUT2D eigenvalue weighted by atomic mass is 32.2. The quantitative estimate of drug-likeness (QED) is 0.593. The van der Waals surface area contributed by atoms with Crippen molar-refractivity contribution in [2.24, 2.45) is 16.6 Å². The summed E-state index contributed by atoms with van der Waals surface area (Å²) < 4.78 is 42.0. The van der Waals surface area contributed by atoms with Crippen LogP contribution in [0.15, 0.2) is 23.2 Å². The maximum Gasteiger partial charge on any atom is 0.272 e. The Morgan fingerprint density at radius 1 is 1.35 bits per heavy atom. The van der Waals surface area contributed by atoms with Gasteiger partial charge in [0.15, 0.2) is 5.17 Å². The van der Waals surface area contributed by atoms with Gasteiger partial charge in [-0.2, -0.15) is 0 Å². The van der Waals surface area contributed by atoms with Crippen molar-refractivity contribution in [3.8, 4) is 11.5 Å². The number of nitrogens with two attached hydrogens (primary N) is 1. The number of hydrogen-bond donors (Lipinski definition) is 2. The summed E-state index contributed by atoms with van der Waals surface area (Å²) in [6.07, 6.45) is 0. The lowest BCUT2D eigenvalue weighted by Gasteiger charge is -2.32. The Hall–Kier alpha value is -1.43. The van der Waals surface area contributed by atoms with Crippen molar-refractivity contribution in [3.63, 3.8) is 0 Å². The first kappa shape index (κ1) is 19.3. The Balaban J connectivity index is 2.13. The number of aliphatic hydroxyl groups is 1. The average molecular weight is 399 g/mol. The van der Waals surface area contributed by atoms with Crippen molar-refractivity contribution in [1.29, 1.82) is 0 Å². The third kappa shape index (κ3) is 2.77. The van der Waals surface area contributed by atoms with Crippen molar-refractivity contribution in [1.82, 2.24) is 0 Å². The number of hydrogen-bond acceptors (Lipinski definition) is 4. The minimum Gasteiger partial charge on any atom is -0.395 e. The molecule has 1 fully saturated rings. The molecule has 0 unspecified atom stereocenters. The molecule has 8 heteroatoms. The van der Waals surface area contributed by atoms with Crippen molar-refractivity contribution in [2.45, 2.75) is 42.8 Å². The molecule has 1 aliphatic carbocycles. The number of aliphatic imine (C=N–C) groups is 1. The maximum atomic E-state index is 14.6. The van der Waals surface area contributed by atoms with E-state index in [4.69, 9.17) is 5.73 Å². The molecule has 1 aromatic rings. The Bertz CT molecular complexity index is 858. The van der Waals surface area contributed by atoms with Gasteiger partial charge in [-0.25, -0.2) is 13.2 Å². The fraction of sp³-hybridized carbons (Fsp3) is 0.500. The smallest absolute Gasteiger partial charge is 0.272 e. The first-order valence-corrected chi connectivity index (χ1v) is 12.6. The molecule has 2 aliphatic rings. The standard InChI is InChI=1S/C18H21F3N2OSSi/c1-16(14-17(10-24,18(14,20)21)25-15(22)23-16)12-9-11(5-6-13(12)19)7-8-26(2,3)4/h5-6,9,14,24H,10H2,1-4H3,(H2,22,23)/t14-,16+,17+/m0/s1. The molecule has 3 rings (SSSR count). The van der Waals surface area contributed by atoms with E-state index in [1.54, 1.807) is 0 Å². The van der Waals surface area contributed by atoms with Gasteiger partial charge in [0.25, 0.3) is 5.92 Å². The van der Waals surface area contributed by atoms with Gasteiger partial charge in [-0.05, 0) is 25.1 Å². The number of rotatable bonds is 2. The van der Waals surface area contributed by atoms with Crippen LogP contribution in [0.5, 0.6) is 0 Å². The van der Waals surface area contributed by atoms with Gasteiger partial charge in [-0.1, -0.05) is 37.3 Å². The fourth-order valence-electron chi connectivity index (χ4n) is 3.57. The van der Waals surface area contributed by atoms with Crippen LogP contribution in [0.2, 0.25) is 19.6 Å². The molecule has 1 saturated carbocycles. The minimum atomic E-state index is -3.20. The molecule has 1 aliphatic heterocycles. The van der Waals surface area contributed by atoms with Gasteiger partial charge >= 0.3 is 0 Å². The molecule has 0 spiro atoms. The van der Waals surface area contributed by atoms with Gasteiger partial charge in [-0.15, -0.1) is 5.54 Å². The van der Waals surface area contributed by atoms with E-state index in [2.05, 4.69) is 36.1 Å². The zero-order chi connectivity index (χ0) is 19.5. The summed E-state index contributed by atoms with van der Waals surface area (Å²) in [5, 5.41) is 9.52. The molecular formula is C18H21F3N2OSSi. The zero-order valence-electron chi connectivity index (χ0n) is 15.0. The highest BCUT2D eigenvalue weighted by Gasteiger charge is 2.87. The molecule has 3 N–H and O–H groups in total. The van der Waals surface area contributed by atoms with E-state index in [-0.39, 0.29) is 10.7 Å². The molecule has 26 heavy (non-hydrogen) atoms. The molecule has 0 saturated heterocycles. The third-order valence-corrected chi connectivity index (χ3v) is 7.01. The molecule has 0 amide bonds. The van der Waals surface area contributed by atoms with Gasteiger partial charge in [0.2, 0.25) is 0 Å². The molecule has 0 radical (unpaired) electrons. The van der Waals surface area contributed by atoms with E-state index < -0.39 is 42.6 Å². The Labute approximate surface area is 156 Å². The van der Waals surface area contributed by atoms with E-state index in [0.29, 0.717) is 17.3 Å². The largest absolute Gasteiger partial charge is 0.395 e. The van der Waals surface area contributed by atoms with Gasteiger partial charge < -0.3 is 10.8 Å². The zero-order valence-corrected chi connectivity index (χ0v) is 16.8. The van der Waals surface area contributed by atoms with Crippen LogP contribution in [0.4, 0.5) is 13.2 Å². The number of benzene rings is 1. The lowest BCUT2D eigenvalue weighted by atomic mass is 9.84. The number of alkyl halides is 2. The Kier molecular flexibility index (Phi) is 4.30. The van der Waals surface area contributed by atoms with Crippen LogP contribution in [0.1, 0.15) is 18.1 Å². The van der Waals surface area contributed by atoms with E-state index in [1.807, 2.05) is 0 Å². The summed E-state index contributed by atoms with van der Waals surface area (Å²) in [6.45, 7) is 6.93. The van der Waals surface area contributed by atoms with Crippen LogP contribution in [-0.2, 0) is 5.54 Å². The molecule has 3 atom stereocenters. The third-order valence-electron chi connectivity index (χ3n) is 4.83. The normalized spacial score (nSPS) is 32.2. The summed E-state index contributed by atoms with van der Waals surface area (Å²) >= 11 is 0.673. The van der Waals surface area contributed by atoms with E-state index in [1.165, 1.54) is 25.1 Å². The topological polar surface area (TPSA) is 58.6 Å². The number of thioether (sulfide) groups is 1. The molecule has 1 aromatic carbocycles. The SMILES string of the molecule is C[C@]1(c2cc(C#C[Si](C)(C)C)ccc2F)N=C(N)S[C@]2(CO)[C@H]1C2(F)F. The predicted octanol–water partition coefficient (Wildman–Crippen LogP) is 3.33. The van der Waals surface area contributed by atoms with Crippen LogP contribution < -0.4 is 5.73 Å². The second-order valence-corrected chi connectivity index (χ2v) is 14.1. The first-order valence-electron chi connectivity index (χ1n) is 8.23. The lowest BCUT2D eigenvalue weighted by Crippen LogP contribution is -2.37. The average Bonchev–Trinajstić information content (AvgIpc) is 3.02. The molecule has 1 heterocycles. The molecular weight excluding hydrogens is 377 g/mol. The first-order chi connectivity index (χ1) is 11.9. The summed E-state index contributed by atoms with van der Waals surface area (Å²) in [5.41, 5.74) is 7.97. The highest BCUT2D eigenvalue weighted by molar-refractivity contribution is 8.15. The summed E-state index contributed by atoms with van der Waals surface area (Å²) in [5.74, 6) is -2.15. The number of halogens is 3. The second kappa shape index (κ2) is 5.78. The van der Waals surface area contributed by atoms with Crippen molar-refractivity contribution in [2.75, 3.05) is 6.61 Å². The molecule has 0 aromatic heterocycles. The number of aliphatic hydroxyl groups excluding tert-OH is 1. The van der Waals surface area contributed by atoms with Crippen molar-refractivity contribution < 1.29 is 18.3 Å². The summed E-state index contributed by atoms with van der Waals surface area (Å²) in [7, 11) is -1.65.